The van der Waals surface area contributed by atoms with Gasteiger partial charge in [-0.25, -0.2) is 5.48 Å². The highest BCUT2D eigenvalue weighted by Gasteiger charge is 2.33. The molecule has 0 aliphatic heterocycles. The van der Waals surface area contributed by atoms with Gasteiger partial charge in [0, 0.05) is 22.1 Å². The Kier molecular flexibility index (Phi) is 6.97. The molecule has 0 saturated carbocycles. The van der Waals surface area contributed by atoms with Crippen LogP contribution in [-0.4, -0.2) is 28.6 Å². The first kappa shape index (κ1) is 21.2. The van der Waals surface area contributed by atoms with E-state index in [1.807, 2.05) is 20.8 Å². The number of nitrogens with two attached hydrogens (primary N) is 1. The van der Waals surface area contributed by atoms with E-state index in [1.54, 1.807) is 38.1 Å². The van der Waals surface area contributed by atoms with Gasteiger partial charge in [-0.2, -0.15) is 0 Å². The van der Waals surface area contributed by atoms with Gasteiger partial charge in [-0.3, -0.25) is 14.8 Å². The summed E-state index contributed by atoms with van der Waals surface area (Å²) in [5, 5.41) is 11.3. The van der Waals surface area contributed by atoms with Gasteiger partial charge >= 0.3 is 0 Å². The number of hydrogen-bond acceptors (Lipinski definition) is 4. The second kappa shape index (κ2) is 8.53. The molecule has 1 atom stereocenters. The SMILES string of the molecule is CC(C)(C)C#CC#Cc1ccc(C(=O)N[C@H](C(=O)NO)C(C)(C)N)cc1. The second-order valence-corrected chi connectivity index (χ2v) is 7.53. The van der Waals surface area contributed by atoms with Crippen molar-refractivity contribution in [3.8, 4) is 23.7 Å². The summed E-state index contributed by atoms with van der Waals surface area (Å²) in [7, 11) is 0. The molecule has 1 aromatic rings. The number of benzene rings is 1. The summed E-state index contributed by atoms with van der Waals surface area (Å²) in [6.07, 6.45) is 0. The maximum atomic E-state index is 12.3. The lowest BCUT2D eigenvalue weighted by molar-refractivity contribution is -0.132. The highest BCUT2D eigenvalue weighted by molar-refractivity contribution is 5.97. The molecule has 1 aromatic carbocycles. The fourth-order valence-corrected chi connectivity index (χ4v) is 1.90. The molecule has 0 saturated heterocycles. The molecule has 6 nitrogen and oxygen atoms in total. The molecule has 0 aromatic heterocycles. The Bertz CT molecular complexity index is 777. The van der Waals surface area contributed by atoms with Crippen molar-refractivity contribution < 1.29 is 14.8 Å². The predicted molar refractivity (Wildman–Crippen MR) is 100 cm³/mol. The molecule has 0 bridgehead atoms. The highest BCUT2D eigenvalue weighted by Crippen LogP contribution is 2.10. The average Bonchev–Trinajstić information content (AvgIpc) is 2.54. The lowest BCUT2D eigenvalue weighted by Crippen LogP contribution is -2.61. The predicted octanol–water partition coefficient (Wildman–Crippen LogP) is 1.43. The summed E-state index contributed by atoms with van der Waals surface area (Å²) in [4.78, 5) is 24.0. The van der Waals surface area contributed by atoms with Gasteiger partial charge in [-0.1, -0.05) is 11.8 Å². The van der Waals surface area contributed by atoms with Crippen molar-refractivity contribution in [2.45, 2.75) is 46.2 Å². The number of nitrogens with one attached hydrogen (secondary N) is 2. The van der Waals surface area contributed by atoms with Gasteiger partial charge < -0.3 is 11.1 Å². The molecule has 0 spiro atoms. The topological polar surface area (TPSA) is 104 Å². The van der Waals surface area contributed by atoms with Crippen LogP contribution in [0.4, 0.5) is 0 Å². The van der Waals surface area contributed by atoms with E-state index in [-0.39, 0.29) is 5.41 Å². The molecular weight excluding hydrogens is 330 g/mol. The van der Waals surface area contributed by atoms with Crippen LogP contribution in [0, 0.1) is 29.1 Å². The van der Waals surface area contributed by atoms with E-state index >= 15 is 0 Å². The third-order valence-corrected chi connectivity index (χ3v) is 3.25. The highest BCUT2D eigenvalue weighted by atomic mass is 16.5. The van der Waals surface area contributed by atoms with Crippen LogP contribution in [0.2, 0.25) is 0 Å². The number of hydrogen-bond donors (Lipinski definition) is 4. The zero-order chi connectivity index (χ0) is 20.0. The normalized spacial score (nSPS) is 12.0. The molecule has 0 radical (unpaired) electrons. The smallest absolute Gasteiger partial charge is 0.267 e. The van der Waals surface area contributed by atoms with Crippen LogP contribution in [-0.2, 0) is 4.79 Å². The quantitative estimate of drug-likeness (QED) is 0.372. The van der Waals surface area contributed by atoms with Gasteiger partial charge in [0.15, 0.2) is 0 Å². The Balaban J connectivity index is 2.88. The van der Waals surface area contributed by atoms with E-state index in [9.17, 15) is 9.59 Å². The minimum Gasteiger partial charge on any atom is -0.338 e. The molecule has 1 rings (SSSR count). The van der Waals surface area contributed by atoms with Gasteiger partial charge in [0.05, 0.1) is 0 Å². The molecule has 26 heavy (non-hydrogen) atoms. The van der Waals surface area contributed by atoms with E-state index < -0.39 is 23.4 Å². The van der Waals surface area contributed by atoms with Crippen LogP contribution < -0.4 is 16.5 Å². The third kappa shape index (κ3) is 6.98. The summed E-state index contributed by atoms with van der Waals surface area (Å²) in [5.74, 6) is 10.2. The third-order valence-electron chi connectivity index (χ3n) is 3.25. The monoisotopic (exact) mass is 355 g/mol. The summed E-state index contributed by atoms with van der Waals surface area (Å²) in [6.45, 7) is 9.15. The molecule has 0 unspecified atom stereocenters. The first-order valence-electron chi connectivity index (χ1n) is 8.11. The summed E-state index contributed by atoms with van der Waals surface area (Å²) < 4.78 is 0. The van der Waals surface area contributed by atoms with Crippen molar-refractivity contribution in [2.75, 3.05) is 0 Å². The zero-order valence-corrected chi connectivity index (χ0v) is 15.7. The van der Waals surface area contributed by atoms with Crippen LogP contribution in [0.5, 0.6) is 0 Å². The van der Waals surface area contributed by atoms with E-state index in [0.29, 0.717) is 11.1 Å². The van der Waals surface area contributed by atoms with Crippen molar-refractivity contribution in [3.05, 3.63) is 35.4 Å². The molecule has 0 fully saturated rings. The Labute approximate surface area is 154 Å². The number of carbonyl (C=O) groups is 2. The molecule has 0 heterocycles. The molecular formula is C20H25N3O3. The van der Waals surface area contributed by atoms with Crippen LogP contribution in [0.25, 0.3) is 0 Å². The van der Waals surface area contributed by atoms with Crippen LogP contribution in [0.15, 0.2) is 24.3 Å². The fraction of sp³-hybridized carbons (Fsp3) is 0.400. The second-order valence-electron chi connectivity index (χ2n) is 7.53. The van der Waals surface area contributed by atoms with Crippen LogP contribution in [0.1, 0.15) is 50.5 Å². The Morgan fingerprint density at radius 3 is 2.12 bits per heavy atom. The molecule has 138 valence electrons. The van der Waals surface area contributed by atoms with Gasteiger partial charge in [0.1, 0.15) is 6.04 Å². The Morgan fingerprint density at radius 1 is 1.08 bits per heavy atom. The average molecular weight is 355 g/mol. The lowest BCUT2D eigenvalue weighted by atomic mass is 9.95. The number of carbonyl (C=O) groups excluding carboxylic acids is 2. The lowest BCUT2D eigenvalue weighted by Gasteiger charge is -2.29. The number of hydroxylamine groups is 1. The van der Waals surface area contributed by atoms with Crippen LogP contribution in [0.3, 0.4) is 0 Å². The van der Waals surface area contributed by atoms with Gasteiger partial charge in [0.25, 0.3) is 11.8 Å². The maximum absolute atomic E-state index is 12.3. The van der Waals surface area contributed by atoms with Crippen molar-refractivity contribution in [3.63, 3.8) is 0 Å². The molecule has 5 N–H and O–H groups in total. The summed E-state index contributed by atoms with van der Waals surface area (Å²) in [6, 6.07) is 5.47. The zero-order valence-electron chi connectivity index (χ0n) is 15.7. The van der Waals surface area contributed by atoms with E-state index in [4.69, 9.17) is 10.9 Å². The summed E-state index contributed by atoms with van der Waals surface area (Å²) >= 11 is 0. The first-order valence-corrected chi connectivity index (χ1v) is 8.11. The molecule has 0 aliphatic carbocycles. The maximum Gasteiger partial charge on any atom is 0.267 e. The number of rotatable bonds is 4. The van der Waals surface area contributed by atoms with Crippen molar-refractivity contribution in [1.82, 2.24) is 10.8 Å². The Hall–Kier alpha value is -2.80. The molecule has 2 amide bonds. The minimum absolute atomic E-state index is 0.106. The first-order chi connectivity index (χ1) is 11.9. The van der Waals surface area contributed by atoms with E-state index in [0.717, 1.165) is 0 Å². The van der Waals surface area contributed by atoms with Crippen molar-refractivity contribution in [1.29, 1.82) is 0 Å². The van der Waals surface area contributed by atoms with E-state index in [1.165, 1.54) is 5.48 Å². The number of amides is 2. The van der Waals surface area contributed by atoms with E-state index in [2.05, 4.69) is 29.0 Å². The van der Waals surface area contributed by atoms with Crippen LogP contribution >= 0.6 is 0 Å². The van der Waals surface area contributed by atoms with Crippen molar-refractivity contribution in [2.24, 2.45) is 11.1 Å². The van der Waals surface area contributed by atoms with Crippen molar-refractivity contribution >= 4 is 11.8 Å². The van der Waals surface area contributed by atoms with Gasteiger partial charge in [-0.15, -0.1) is 0 Å². The summed E-state index contributed by atoms with van der Waals surface area (Å²) in [5.41, 5.74) is 7.30. The largest absolute Gasteiger partial charge is 0.338 e. The van der Waals surface area contributed by atoms with Gasteiger partial charge in [-0.05, 0) is 70.7 Å². The minimum atomic E-state index is -1.09. The molecule has 0 aliphatic rings. The fourth-order valence-electron chi connectivity index (χ4n) is 1.90. The standard InChI is InChI=1S/C20H25N3O3/c1-19(2,3)13-7-6-8-14-9-11-15(12-10-14)17(24)22-16(18(25)23-26)20(4,5)21/h9-12,16,26H,21H2,1-5H3,(H,22,24)(H,23,25)/t16-/m1/s1. The van der Waals surface area contributed by atoms with Gasteiger partial charge in [0.2, 0.25) is 0 Å². The Morgan fingerprint density at radius 2 is 1.65 bits per heavy atom. The molecule has 6 heteroatoms.